The van der Waals surface area contributed by atoms with Gasteiger partial charge in [-0.1, -0.05) is 0 Å². The number of aryl methyl sites for hydroxylation is 3. The highest BCUT2D eigenvalue weighted by Crippen LogP contribution is 2.20. The number of hydrogen-bond acceptors (Lipinski definition) is 4. The normalized spacial score (nSPS) is 15.6. The van der Waals surface area contributed by atoms with E-state index in [9.17, 15) is 9.59 Å². The Hall–Kier alpha value is -2.44. The van der Waals surface area contributed by atoms with Crippen LogP contribution in [0.15, 0.2) is 17.2 Å². The van der Waals surface area contributed by atoms with Gasteiger partial charge in [-0.25, -0.2) is 4.98 Å². The van der Waals surface area contributed by atoms with Crippen LogP contribution in [0.5, 0.6) is 0 Å². The molecular weight excluding hydrogens is 318 g/mol. The van der Waals surface area contributed by atoms with E-state index in [1.807, 2.05) is 31.7 Å². The first-order valence-electron chi connectivity index (χ1n) is 8.69. The Labute approximate surface area is 147 Å². The quantitative estimate of drug-likeness (QED) is 0.846. The number of aromatic nitrogens is 4. The van der Waals surface area contributed by atoms with Gasteiger partial charge < -0.3 is 4.90 Å². The fourth-order valence-corrected chi connectivity index (χ4v) is 3.38. The molecule has 0 N–H and O–H groups in total. The Balaban J connectivity index is 1.62. The molecule has 0 spiro atoms. The molecule has 1 saturated heterocycles. The molecule has 1 amide bonds. The van der Waals surface area contributed by atoms with Gasteiger partial charge in [0.05, 0.1) is 12.0 Å². The van der Waals surface area contributed by atoms with Crippen LogP contribution in [0, 0.1) is 26.7 Å². The standard InChI is InChI=1S/C18H25N5O2/c1-12-9-16(21(4)20-12)18(25)22-7-5-15(6-8-22)10-23-11-19-14(3)13(2)17(23)24/h9,11,15H,5-8,10H2,1-4H3. The monoisotopic (exact) mass is 343 g/mol. The van der Waals surface area contributed by atoms with Gasteiger partial charge in [-0.3, -0.25) is 18.8 Å². The minimum atomic E-state index is 0.0339. The summed E-state index contributed by atoms with van der Waals surface area (Å²) in [6, 6.07) is 1.83. The van der Waals surface area contributed by atoms with Gasteiger partial charge in [0, 0.05) is 37.9 Å². The zero-order valence-corrected chi connectivity index (χ0v) is 15.3. The summed E-state index contributed by atoms with van der Waals surface area (Å²) in [6.45, 7) is 7.64. The fourth-order valence-electron chi connectivity index (χ4n) is 3.38. The first-order chi connectivity index (χ1) is 11.9. The topological polar surface area (TPSA) is 73.0 Å². The second-order valence-electron chi connectivity index (χ2n) is 6.94. The van der Waals surface area contributed by atoms with E-state index in [1.54, 1.807) is 22.6 Å². The number of piperidine rings is 1. The van der Waals surface area contributed by atoms with E-state index in [0.29, 0.717) is 36.8 Å². The average Bonchev–Trinajstić information content (AvgIpc) is 2.94. The van der Waals surface area contributed by atoms with Gasteiger partial charge in [-0.2, -0.15) is 5.10 Å². The molecule has 25 heavy (non-hydrogen) atoms. The van der Waals surface area contributed by atoms with Crippen LogP contribution in [0.1, 0.15) is 40.3 Å². The van der Waals surface area contributed by atoms with Crippen LogP contribution in [-0.4, -0.2) is 43.2 Å². The fraction of sp³-hybridized carbons (Fsp3) is 0.556. The lowest BCUT2D eigenvalue weighted by molar-refractivity contribution is 0.0671. The van der Waals surface area contributed by atoms with Crippen LogP contribution in [0.4, 0.5) is 0 Å². The van der Waals surface area contributed by atoms with Gasteiger partial charge >= 0.3 is 0 Å². The summed E-state index contributed by atoms with van der Waals surface area (Å²) in [6.07, 6.45) is 3.42. The molecule has 134 valence electrons. The number of rotatable bonds is 3. The molecule has 1 aliphatic heterocycles. The predicted molar refractivity (Wildman–Crippen MR) is 94.5 cm³/mol. The average molecular weight is 343 g/mol. The number of nitrogens with zero attached hydrogens (tertiary/aromatic N) is 5. The van der Waals surface area contributed by atoms with E-state index in [2.05, 4.69) is 10.1 Å². The summed E-state index contributed by atoms with van der Waals surface area (Å²) in [5.41, 5.74) is 3.01. The summed E-state index contributed by atoms with van der Waals surface area (Å²) in [4.78, 5) is 31.1. The molecule has 0 saturated carbocycles. The molecule has 2 aromatic rings. The first-order valence-corrected chi connectivity index (χ1v) is 8.69. The van der Waals surface area contributed by atoms with Crippen molar-refractivity contribution < 1.29 is 4.79 Å². The van der Waals surface area contributed by atoms with Crippen molar-refractivity contribution in [2.24, 2.45) is 13.0 Å². The maximum Gasteiger partial charge on any atom is 0.272 e. The van der Waals surface area contributed by atoms with Crippen molar-refractivity contribution in [1.82, 2.24) is 24.2 Å². The Morgan fingerprint density at radius 2 is 1.92 bits per heavy atom. The van der Waals surface area contributed by atoms with Gasteiger partial charge in [-0.05, 0) is 45.6 Å². The zero-order valence-electron chi connectivity index (χ0n) is 15.3. The van der Waals surface area contributed by atoms with Crippen LogP contribution in [0.2, 0.25) is 0 Å². The predicted octanol–water partition coefficient (Wildman–Crippen LogP) is 1.45. The van der Waals surface area contributed by atoms with E-state index in [0.717, 1.165) is 24.2 Å². The second-order valence-corrected chi connectivity index (χ2v) is 6.94. The smallest absolute Gasteiger partial charge is 0.272 e. The van der Waals surface area contributed by atoms with Crippen LogP contribution in [0.25, 0.3) is 0 Å². The van der Waals surface area contributed by atoms with Crippen molar-refractivity contribution in [2.45, 2.75) is 40.2 Å². The van der Waals surface area contributed by atoms with Crippen molar-refractivity contribution >= 4 is 5.91 Å². The minimum absolute atomic E-state index is 0.0339. The summed E-state index contributed by atoms with van der Waals surface area (Å²) in [5, 5.41) is 4.25. The van der Waals surface area contributed by atoms with Gasteiger partial charge in [0.2, 0.25) is 0 Å². The summed E-state index contributed by atoms with van der Waals surface area (Å²) >= 11 is 0. The van der Waals surface area contributed by atoms with Crippen molar-refractivity contribution in [3.8, 4) is 0 Å². The molecule has 1 fully saturated rings. The van der Waals surface area contributed by atoms with E-state index >= 15 is 0 Å². The highest BCUT2D eigenvalue weighted by molar-refractivity contribution is 5.92. The van der Waals surface area contributed by atoms with Crippen molar-refractivity contribution in [1.29, 1.82) is 0 Å². The van der Waals surface area contributed by atoms with Crippen molar-refractivity contribution in [3.63, 3.8) is 0 Å². The van der Waals surface area contributed by atoms with E-state index in [4.69, 9.17) is 0 Å². The molecule has 0 aliphatic carbocycles. The zero-order chi connectivity index (χ0) is 18.1. The molecule has 0 bridgehead atoms. The Morgan fingerprint density at radius 3 is 2.52 bits per heavy atom. The summed E-state index contributed by atoms with van der Waals surface area (Å²) < 4.78 is 3.35. The third-order valence-electron chi connectivity index (χ3n) is 5.09. The van der Waals surface area contributed by atoms with Crippen molar-refractivity contribution in [3.05, 3.63) is 45.4 Å². The van der Waals surface area contributed by atoms with Crippen LogP contribution >= 0.6 is 0 Å². The van der Waals surface area contributed by atoms with Crippen LogP contribution in [-0.2, 0) is 13.6 Å². The molecule has 7 heteroatoms. The van der Waals surface area contributed by atoms with E-state index < -0.39 is 0 Å². The molecule has 7 nitrogen and oxygen atoms in total. The number of amides is 1. The Morgan fingerprint density at radius 1 is 1.24 bits per heavy atom. The minimum Gasteiger partial charge on any atom is -0.337 e. The maximum atomic E-state index is 12.6. The summed E-state index contributed by atoms with van der Waals surface area (Å²) in [7, 11) is 1.80. The Kier molecular flexibility index (Phi) is 4.74. The third kappa shape index (κ3) is 3.50. The summed E-state index contributed by atoms with van der Waals surface area (Å²) in [5.74, 6) is 0.422. The number of carbonyl (C=O) groups is 1. The first kappa shape index (κ1) is 17.4. The lowest BCUT2D eigenvalue weighted by Gasteiger charge is -2.32. The molecular formula is C18H25N5O2. The van der Waals surface area contributed by atoms with Crippen LogP contribution < -0.4 is 5.56 Å². The lowest BCUT2D eigenvalue weighted by Crippen LogP contribution is -2.40. The number of likely N-dealkylation sites (tertiary alicyclic amines) is 1. The molecule has 0 atom stereocenters. The van der Waals surface area contributed by atoms with E-state index in [-0.39, 0.29) is 11.5 Å². The molecule has 0 unspecified atom stereocenters. The van der Waals surface area contributed by atoms with Crippen LogP contribution in [0.3, 0.4) is 0 Å². The van der Waals surface area contributed by atoms with Gasteiger partial charge in [0.15, 0.2) is 0 Å². The largest absolute Gasteiger partial charge is 0.337 e. The highest BCUT2D eigenvalue weighted by Gasteiger charge is 2.26. The van der Waals surface area contributed by atoms with Crippen molar-refractivity contribution in [2.75, 3.05) is 13.1 Å². The van der Waals surface area contributed by atoms with Gasteiger partial charge in [-0.15, -0.1) is 0 Å². The number of hydrogen-bond donors (Lipinski definition) is 0. The molecule has 1 aliphatic rings. The van der Waals surface area contributed by atoms with Gasteiger partial charge in [0.25, 0.3) is 11.5 Å². The van der Waals surface area contributed by atoms with Gasteiger partial charge in [0.1, 0.15) is 5.69 Å². The third-order valence-corrected chi connectivity index (χ3v) is 5.09. The highest BCUT2D eigenvalue weighted by atomic mass is 16.2. The molecule has 0 aromatic carbocycles. The van der Waals surface area contributed by atoms with E-state index in [1.165, 1.54) is 0 Å². The molecule has 2 aromatic heterocycles. The molecule has 3 rings (SSSR count). The number of carbonyl (C=O) groups excluding carboxylic acids is 1. The molecule has 0 radical (unpaired) electrons. The lowest BCUT2D eigenvalue weighted by atomic mass is 9.96. The second kappa shape index (κ2) is 6.82. The maximum absolute atomic E-state index is 12.6. The Bertz CT molecular complexity index is 844. The molecule has 3 heterocycles. The SMILES string of the molecule is Cc1cc(C(=O)N2CCC(Cn3cnc(C)c(C)c3=O)CC2)n(C)n1.